The fourth-order valence-corrected chi connectivity index (χ4v) is 3.00. The Kier molecular flexibility index (Phi) is 5.98. The Morgan fingerprint density at radius 2 is 1.95 bits per heavy atom. The summed E-state index contributed by atoms with van der Waals surface area (Å²) in [5, 5.41) is 0. The molecule has 0 heterocycles. The van der Waals surface area contributed by atoms with Crippen molar-refractivity contribution < 1.29 is 17.9 Å². The zero-order chi connectivity index (χ0) is 14.3. The molecule has 1 aromatic carbocycles. The highest BCUT2D eigenvalue weighted by Gasteiger charge is 2.21. The van der Waals surface area contributed by atoms with Crippen molar-refractivity contribution in [3.63, 3.8) is 0 Å². The van der Waals surface area contributed by atoms with Crippen LogP contribution in [0.25, 0.3) is 0 Å². The molecule has 0 aliphatic carbocycles. The van der Waals surface area contributed by atoms with Crippen LogP contribution in [-0.2, 0) is 19.4 Å². The highest BCUT2D eigenvalue weighted by atomic mass is 32.2. The van der Waals surface area contributed by atoms with E-state index in [1.54, 1.807) is 18.2 Å². The average Bonchev–Trinajstić information content (AvgIpc) is 2.36. The molecule has 1 rings (SSSR count). The number of nitrogens with two attached hydrogens (primary N) is 1. The molecule has 2 N–H and O–H groups in total. The number of hydrogen-bond acceptors (Lipinski definition) is 5. The number of ether oxygens (including phenoxy) is 1. The van der Waals surface area contributed by atoms with Gasteiger partial charge in [0.15, 0.2) is 9.84 Å². The maximum atomic E-state index is 12.0. The van der Waals surface area contributed by atoms with Crippen molar-refractivity contribution in [3.05, 3.63) is 30.3 Å². The Morgan fingerprint density at radius 1 is 1.32 bits per heavy atom. The van der Waals surface area contributed by atoms with Gasteiger partial charge in [0.2, 0.25) is 0 Å². The number of carbonyl (C=O) groups is 1. The third-order valence-corrected chi connectivity index (χ3v) is 4.29. The normalized spacial score (nSPS) is 12.9. The molecule has 1 unspecified atom stereocenters. The number of benzene rings is 1. The van der Waals surface area contributed by atoms with Crippen molar-refractivity contribution in [2.45, 2.75) is 30.7 Å². The van der Waals surface area contributed by atoms with E-state index in [1.807, 2.05) is 6.92 Å². The summed E-state index contributed by atoms with van der Waals surface area (Å²) in [6.45, 7) is 2.21. The lowest BCUT2D eigenvalue weighted by atomic mass is 10.2. The van der Waals surface area contributed by atoms with Crippen LogP contribution >= 0.6 is 0 Å². The van der Waals surface area contributed by atoms with E-state index in [0.717, 1.165) is 6.42 Å². The molecule has 0 aliphatic heterocycles. The third-order valence-electron chi connectivity index (χ3n) is 2.43. The molecule has 0 aromatic heterocycles. The predicted molar refractivity (Wildman–Crippen MR) is 72.3 cm³/mol. The summed E-state index contributed by atoms with van der Waals surface area (Å²) in [4.78, 5) is 11.6. The van der Waals surface area contributed by atoms with E-state index in [9.17, 15) is 13.2 Å². The molecule has 0 bridgehead atoms. The van der Waals surface area contributed by atoms with Crippen molar-refractivity contribution in [2.24, 2.45) is 5.73 Å². The maximum Gasteiger partial charge on any atom is 0.307 e. The summed E-state index contributed by atoms with van der Waals surface area (Å²) in [5.41, 5.74) is 5.69. The first-order valence-corrected chi connectivity index (χ1v) is 7.80. The van der Waals surface area contributed by atoms with E-state index in [1.165, 1.54) is 12.1 Å². The van der Waals surface area contributed by atoms with Crippen molar-refractivity contribution in [1.29, 1.82) is 0 Å². The van der Waals surface area contributed by atoms with Crippen molar-refractivity contribution >= 4 is 15.8 Å². The second-order valence-electron chi connectivity index (χ2n) is 4.28. The van der Waals surface area contributed by atoms with Crippen LogP contribution in [0.15, 0.2) is 35.2 Å². The van der Waals surface area contributed by atoms with Crippen LogP contribution in [-0.4, -0.2) is 32.8 Å². The van der Waals surface area contributed by atoms with Gasteiger partial charge in [-0.1, -0.05) is 25.1 Å². The monoisotopic (exact) mass is 285 g/mol. The molecular weight excluding hydrogens is 266 g/mol. The van der Waals surface area contributed by atoms with Crippen molar-refractivity contribution in [2.75, 3.05) is 12.4 Å². The van der Waals surface area contributed by atoms with E-state index in [0.29, 0.717) is 6.61 Å². The van der Waals surface area contributed by atoms with Gasteiger partial charge in [0.1, 0.15) is 0 Å². The first-order valence-electron chi connectivity index (χ1n) is 6.14. The second kappa shape index (κ2) is 7.25. The Bertz CT molecular complexity index is 499. The zero-order valence-electron chi connectivity index (χ0n) is 10.9. The molecule has 0 radical (unpaired) electrons. The van der Waals surface area contributed by atoms with Gasteiger partial charge in [-0.3, -0.25) is 4.79 Å². The zero-order valence-corrected chi connectivity index (χ0v) is 11.7. The lowest BCUT2D eigenvalue weighted by molar-refractivity contribution is -0.143. The van der Waals surface area contributed by atoms with E-state index in [-0.39, 0.29) is 17.1 Å². The quantitative estimate of drug-likeness (QED) is 0.759. The average molecular weight is 285 g/mol. The van der Waals surface area contributed by atoms with Gasteiger partial charge in [-0.05, 0) is 18.6 Å². The summed E-state index contributed by atoms with van der Waals surface area (Å²) in [6.07, 6.45) is 0.634. The summed E-state index contributed by atoms with van der Waals surface area (Å²) in [5.74, 6) is -0.726. The van der Waals surface area contributed by atoms with Crippen molar-refractivity contribution in [3.8, 4) is 0 Å². The maximum absolute atomic E-state index is 12.0. The smallest absolute Gasteiger partial charge is 0.307 e. The molecule has 1 atom stereocenters. The Morgan fingerprint density at radius 3 is 2.53 bits per heavy atom. The SMILES string of the molecule is CCCOC(=O)CC(N)CS(=O)(=O)c1ccccc1. The number of esters is 1. The predicted octanol–water partition coefficient (Wildman–Crippen LogP) is 1.13. The van der Waals surface area contributed by atoms with Gasteiger partial charge < -0.3 is 10.5 Å². The number of hydrogen-bond donors (Lipinski definition) is 1. The fourth-order valence-electron chi connectivity index (χ4n) is 1.55. The van der Waals surface area contributed by atoms with Gasteiger partial charge in [-0.2, -0.15) is 0 Å². The summed E-state index contributed by atoms with van der Waals surface area (Å²) >= 11 is 0. The first kappa shape index (κ1) is 15.7. The molecule has 0 spiro atoms. The Labute approximate surface area is 113 Å². The van der Waals surface area contributed by atoms with E-state index in [4.69, 9.17) is 10.5 Å². The largest absolute Gasteiger partial charge is 0.466 e. The molecule has 5 nitrogen and oxygen atoms in total. The van der Waals surface area contributed by atoms with Crippen LogP contribution in [0.3, 0.4) is 0 Å². The highest BCUT2D eigenvalue weighted by molar-refractivity contribution is 7.91. The van der Waals surface area contributed by atoms with Crippen LogP contribution in [0.5, 0.6) is 0 Å². The Hall–Kier alpha value is -1.40. The lowest BCUT2D eigenvalue weighted by Crippen LogP contribution is -2.32. The van der Waals surface area contributed by atoms with Crippen LogP contribution in [0, 0.1) is 0 Å². The van der Waals surface area contributed by atoms with Gasteiger partial charge in [-0.25, -0.2) is 8.42 Å². The van der Waals surface area contributed by atoms with Crippen LogP contribution in [0.1, 0.15) is 19.8 Å². The number of sulfone groups is 1. The standard InChI is InChI=1S/C13H19NO4S/c1-2-8-18-13(15)9-11(14)10-19(16,17)12-6-4-3-5-7-12/h3-7,11H,2,8-10,14H2,1H3. The van der Waals surface area contributed by atoms with Crippen LogP contribution < -0.4 is 5.73 Å². The molecule has 0 fully saturated rings. The van der Waals surface area contributed by atoms with Gasteiger partial charge >= 0.3 is 5.97 Å². The van der Waals surface area contributed by atoms with Crippen molar-refractivity contribution in [1.82, 2.24) is 0 Å². The summed E-state index contributed by atoms with van der Waals surface area (Å²) < 4.78 is 28.9. The van der Waals surface area contributed by atoms with Gasteiger partial charge in [0.25, 0.3) is 0 Å². The van der Waals surface area contributed by atoms with Gasteiger partial charge in [-0.15, -0.1) is 0 Å². The summed E-state index contributed by atoms with van der Waals surface area (Å²) in [7, 11) is -3.46. The molecular formula is C13H19NO4S. The third kappa shape index (κ3) is 5.40. The highest BCUT2D eigenvalue weighted by Crippen LogP contribution is 2.11. The number of carbonyl (C=O) groups excluding carboxylic acids is 1. The molecule has 19 heavy (non-hydrogen) atoms. The molecule has 0 aliphatic rings. The fraction of sp³-hybridized carbons (Fsp3) is 0.462. The lowest BCUT2D eigenvalue weighted by Gasteiger charge is -2.11. The van der Waals surface area contributed by atoms with Gasteiger partial charge in [0.05, 0.1) is 23.7 Å². The second-order valence-corrected chi connectivity index (χ2v) is 6.31. The van der Waals surface area contributed by atoms with E-state index in [2.05, 4.69) is 0 Å². The van der Waals surface area contributed by atoms with Gasteiger partial charge in [0, 0.05) is 6.04 Å². The molecule has 0 saturated carbocycles. The molecule has 0 saturated heterocycles. The minimum atomic E-state index is -3.46. The minimum absolute atomic E-state index is 0.0912. The van der Waals surface area contributed by atoms with Crippen LogP contribution in [0.4, 0.5) is 0 Å². The molecule has 1 aromatic rings. The first-order chi connectivity index (χ1) is 8.95. The van der Waals surface area contributed by atoms with Crippen LogP contribution in [0.2, 0.25) is 0 Å². The van der Waals surface area contributed by atoms with E-state index >= 15 is 0 Å². The molecule has 106 valence electrons. The molecule has 0 amide bonds. The van der Waals surface area contributed by atoms with E-state index < -0.39 is 21.8 Å². The number of rotatable bonds is 7. The molecule has 6 heteroatoms. The topological polar surface area (TPSA) is 86.5 Å². The minimum Gasteiger partial charge on any atom is -0.466 e. The summed E-state index contributed by atoms with van der Waals surface area (Å²) in [6, 6.07) is 7.30. The Balaban J connectivity index is 2.57.